The third-order valence-corrected chi connectivity index (χ3v) is 3.89. The van der Waals surface area contributed by atoms with E-state index in [2.05, 4.69) is 20.7 Å². The van der Waals surface area contributed by atoms with Crippen LogP contribution in [0.3, 0.4) is 0 Å². The summed E-state index contributed by atoms with van der Waals surface area (Å²) in [5.74, 6) is -5.04. The summed E-state index contributed by atoms with van der Waals surface area (Å²) in [6.07, 6.45) is -6.80. The van der Waals surface area contributed by atoms with Crippen LogP contribution in [0.2, 0.25) is 0 Å². The lowest BCUT2D eigenvalue weighted by Gasteiger charge is -2.30. The van der Waals surface area contributed by atoms with Crippen molar-refractivity contribution in [1.82, 2.24) is 0 Å². The smallest absolute Gasteiger partial charge is 0.305 e. The zero-order valence-corrected chi connectivity index (χ0v) is 13.4. The topological polar surface area (TPSA) is 113 Å². The molecule has 23 heavy (non-hydrogen) atoms. The van der Waals surface area contributed by atoms with Gasteiger partial charge in [-0.25, -0.2) is 4.39 Å². The van der Waals surface area contributed by atoms with E-state index < -0.39 is 40.6 Å². The van der Waals surface area contributed by atoms with Crippen molar-refractivity contribution in [2.45, 2.75) is 35.8 Å². The molecule has 0 amide bonds. The molecule has 1 saturated heterocycles. The molecule has 3 N–H and O–H groups in total. The van der Waals surface area contributed by atoms with Crippen LogP contribution in [0.1, 0.15) is 17.3 Å². The Morgan fingerprint density at radius 1 is 1.35 bits per heavy atom. The number of esters is 1. The molecule has 0 radical (unpaired) electrons. The van der Waals surface area contributed by atoms with Crippen LogP contribution in [-0.4, -0.2) is 55.9 Å². The minimum atomic E-state index is -3.05. The van der Waals surface area contributed by atoms with Crippen LogP contribution in [0.5, 0.6) is 0 Å². The molecule has 1 aromatic carbocycles. The van der Waals surface area contributed by atoms with E-state index in [1.54, 1.807) is 6.07 Å². The summed E-state index contributed by atoms with van der Waals surface area (Å²) >= 11 is 2.47. The molecule has 1 heterocycles. The molecule has 0 spiro atoms. The zero-order chi connectivity index (χ0) is 17.4. The SMILES string of the molecule is CC(=O)O[C@@]1(O)[C@@H](C(O)C(=O)c2ccccc2)O[C@@](O)(Br)[C@H]1F. The van der Waals surface area contributed by atoms with Gasteiger partial charge in [0, 0.05) is 12.5 Å². The van der Waals surface area contributed by atoms with Gasteiger partial charge in [-0.3, -0.25) is 9.59 Å². The van der Waals surface area contributed by atoms with Gasteiger partial charge < -0.3 is 24.8 Å². The van der Waals surface area contributed by atoms with Gasteiger partial charge in [-0.05, 0) is 15.9 Å². The standard InChI is InChI=1S/C14H14BrFO7/c1-7(17)22-13(20)11(23-14(15,21)12(13)16)10(19)9(18)8-5-3-2-4-6-8/h2-6,10-12,19-21H,1H3/t10?,11-,12+,13+,14-/m1/s1. The predicted octanol–water partition coefficient (Wildman–Crippen LogP) is 0.260. The van der Waals surface area contributed by atoms with Crippen LogP contribution < -0.4 is 0 Å². The minimum Gasteiger partial charge on any atom is -0.427 e. The van der Waals surface area contributed by atoms with Gasteiger partial charge in [0.05, 0.1) is 0 Å². The van der Waals surface area contributed by atoms with E-state index in [-0.39, 0.29) is 5.56 Å². The van der Waals surface area contributed by atoms with Crippen molar-refractivity contribution < 1.29 is 38.8 Å². The summed E-state index contributed by atoms with van der Waals surface area (Å²) in [4.78, 5) is 23.3. The van der Waals surface area contributed by atoms with Crippen molar-refractivity contribution in [1.29, 1.82) is 0 Å². The van der Waals surface area contributed by atoms with Crippen LogP contribution in [0.4, 0.5) is 4.39 Å². The van der Waals surface area contributed by atoms with Crippen LogP contribution in [-0.2, 0) is 14.3 Å². The van der Waals surface area contributed by atoms with E-state index in [0.29, 0.717) is 0 Å². The molecule has 0 aromatic heterocycles. The Labute approximate surface area is 138 Å². The fraction of sp³-hybridized carbons (Fsp3) is 0.429. The molecule has 9 heteroatoms. The first-order valence-corrected chi connectivity index (χ1v) is 7.31. The second kappa shape index (κ2) is 6.25. The molecule has 0 saturated carbocycles. The van der Waals surface area contributed by atoms with Crippen molar-refractivity contribution in [2.24, 2.45) is 0 Å². The first kappa shape index (κ1) is 18.0. The number of ether oxygens (including phenoxy) is 2. The van der Waals surface area contributed by atoms with Crippen LogP contribution >= 0.6 is 15.9 Å². The molecule has 1 aliphatic rings. The van der Waals surface area contributed by atoms with Crippen molar-refractivity contribution in [3.63, 3.8) is 0 Å². The minimum absolute atomic E-state index is 0.0641. The Hall–Kier alpha value is -1.39. The number of hydrogen-bond donors (Lipinski definition) is 3. The maximum absolute atomic E-state index is 14.2. The molecule has 5 atom stereocenters. The van der Waals surface area contributed by atoms with E-state index in [9.17, 15) is 29.3 Å². The zero-order valence-electron chi connectivity index (χ0n) is 11.8. The first-order chi connectivity index (χ1) is 10.6. The molecular weight excluding hydrogens is 379 g/mol. The number of Topliss-reactive ketones (excluding diaryl/α,β-unsaturated/α-hetero) is 1. The predicted molar refractivity (Wildman–Crippen MR) is 77.1 cm³/mol. The molecule has 7 nitrogen and oxygen atoms in total. The Morgan fingerprint density at radius 2 is 1.91 bits per heavy atom. The van der Waals surface area contributed by atoms with Gasteiger partial charge in [-0.1, -0.05) is 30.3 Å². The average Bonchev–Trinajstić information content (AvgIpc) is 2.66. The average molecular weight is 393 g/mol. The number of rotatable bonds is 4. The number of alkyl halides is 2. The van der Waals surface area contributed by atoms with E-state index in [4.69, 9.17) is 4.74 Å². The molecule has 1 unspecified atom stereocenters. The molecular formula is C14H14BrFO7. The van der Waals surface area contributed by atoms with Gasteiger partial charge in [0.15, 0.2) is 11.9 Å². The largest absolute Gasteiger partial charge is 0.427 e. The molecule has 0 aliphatic carbocycles. The molecule has 126 valence electrons. The molecule has 1 aliphatic heterocycles. The summed E-state index contributed by atoms with van der Waals surface area (Å²) in [6.45, 7) is 0.888. The van der Waals surface area contributed by atoms with Gasteiger partial charge in [0.25, 0.3) is 10.5 Å². The Kier molecular flexibility index (Phi) is 4.88. The number of carbonyl (C=O) groups excluding carboxylic acids is 2. The Bertz CT molecular complexity index is 608. The molecule has 1 fully saturated rings. The van der Waals surface area contributed by atoms with Crippen LogP contribution in [0.15, 0.2) is 30.3 Å². The van der Waals surface area contributed by atoms with E-state index in [1.165, 1.54) is 24.3 Å². The number of ketones is 1. The van der Waals surface area contributed by atoms with Gasteiger partial charge in [0.1, 0.15) is 6.10 Å². The monoisotopic (exact) mass is 392 g/mol. The summed E-state index contributed by atoms with van der Waals surface area (Å²) < 4.78 is 20.7. The fourth-order valence-electron chi connectivity index (χ4n) is 2.26. The summed E-state index contributed by atoms with van der Waals surface area (Å²) in [7, 11) is 0. The quantitative estimate of drug-likeness (QED) is 0.291. The second-order valence-electron chi connectivity index (χ2n) is 5.03. The lowest BCUT2D eigenvalue weighted by atomic mass is 9.96. The summed E-state index contributed by atoms with van der Waals surface area (Å²) in [5, 5.41) is 30.1. The first-order valence-electron chi connectivity index (χ1n) is 6.52. The van der Waals surface area contributed by atoms with Crippen molar-refractivity contribution in [3.05, 3.63) is 35.9 Å². The maximum Gasteiger partial charge on any atom is 0.305 e. The van der Waals surface area contributed by atoms with Gasteiger partial charge >= 0.3 is 5.97 Å². The highest BCUT2D eigenvalue weighted by molar-refractivity contribution is 9.10. The number of hydrogen-bond acceptors (Lipinski definition) is 7. The number of halogens is 2. The molecule has 1 aromatic rings. The van der Waals surface area contributed by atoms with Crippen molar-refractivity contribution >= 4 is 27.7 Å². The second-order valence-corrected chi connectivity index (χ2v) is 6.17. The van der Waals surface area contributed by atoms with Crippen LogP contribution in [0.25, 0.3) is 0 Å². The highest BCUT2D eigenvalue weighted by Crippen LogP contribution is 2.45. The van der Waals surface area contributed by atoms with Crippen LogP contribution in [0, 0.1) is 0 Å². The third kappa shape index (κ3) is 3.29. The highest BCUT2D eigenvalue weighted by Gasteiger charge is 2.69. The van der Waals surface area contributed by atoms with Gasteiger partial charge in [-0.2, -0.15) is 0 Å². The van der Waals surface area contributed by atoms with Crippen molar-refractivity contribution in [2.75, 3.05) is 0 Å². The van der Waals surface area contributed by atoms with Gasteiger partial charge in [0.2, 0.25) is 6.17 Å². The number of carbonyl (C=O) groups is 2. The molecule has 0 bridgehead atoms. The summed E-state index contributed by atoms with van der Waals surface area (Å²) in [5.41, 5.74) is 0.0641. The Balaban J connectivity index is 2.35. The lowest BCUT2D eigenvalue weighted by molar-refractivity contribution is -0.249. The lowest BCUT2D eigenvalue weighted by Crippen LogP contribution is -2.56. The van der Waals surface area contributed by atoms with Crippen molar-refractivity contribution in [3.8, 4) is 0 Å². The highest BCUT2D eigenvalue weighted by atomic mass is 79.9. The summed E-state index contributed by atoms with van der Waals surface area (Å²) in [6, 6.07) is 7.48. The maximum atomic E-state index is 14.2. The fourth-order valence-corrected chi connectivity index (χ4v) is 2.79. The van der Waals surface area contributed by atoms with E-state index in [1.807, 2.05) is 0 Å². The number of benzene rings is 1. The van der Waals surface area contributed by atoms with E-state index in [0.717, 1.165) is 6.92 Å². The van der Waals surface area contributed by atoms with E-state index >= 15 is 0 Å². The number of aliphatic hydroxyl groups is 3. The molecule has 2 rings (SSSR count). The Morgan fingerprint density at radius 3 is 2.43 bits per heavy atom. The van der Waals surface area contributed by atoms with Gasteiger partial charge in [-0.15, -0.1) is 0 Å². The normalized spacial score (nSPS) is 34.9. The third-order valence-electron chi connectivity index (χ3n) is 3.30. The number of aliphatic hydroxyl groups excluding tert-OH is 1.